The highest BCUT2D eigenvalue weighted by atomic mass is 15.3. The number of piperazine rings is 1. The van der Waals surface area contributed by atoms with Gasteiger partial charge in [-0.1, -0.05) is 12.8 Å². The molecule has 1 unspecified atom stereocenters. The predicted molar refractivity (Wildman–Crippen MR) is 97.2 cm³/mol. The van der Waals surface area contributed by atoms with Crippen LogP contribution in [-0.2, 0) is 0 Å². The molecular weight excluding hydrogens is 298 g/mol. The molecule has 1 aromatic rings. The van der Waals surface area contributed by atoms with Gasteiger partial charge in [-0.15, -0.1) is 0 Å². The van der Waals surface area contributed by atoms with Crippen LogP contribution in [0.5, 0.6) is 0 Å². The van der Waals surface area contributed by atoms with Crippen molar-refractivity contribution < 1.29 is 0 Å². The van der Waals surface area contributed by atoms with Crippen molar-refractivity contribution in [2.24, 2.45) is 5.41 Å². The summed E-state index contributed by atoms with van der Waals surface area (Å²) < 4.78 is 0. The van der Waals surface area contributed by atoms with Crippen molar-refractivity contribution in [1.29, 1.82) is 0 Å². The van der Waals surface area contributed by atoms with Crippen molar-refractivity contribution in [3.8, 4) is 0 Å². The molecule has 132 valence electrons. The normalized spacial score (nSPS) is 26.7. The molecule has 2 heterocycles. The maximum absolute atomic E-state index is 4.36. The van der Waals surface area contributed by atoms with Crippen molar-refractivity contribution in [2.75, 3.05) is 44.2 Å². The van der Waals surface area contributed by atoms with Crippen molar-refractivity contribution in [3.63, 3.8) is 0 Å². The Balaban J connectivity index is 1.13. The van der Waals surface area contributed by atoms with Gasteiger partial charge < -0.3 is 10.2 Å². The molecule has 3 fully saturated rings. The van der Waals surface area contributed by atoms with Gasteiger partial charge in [-0.2, -0.15) is 0 Å². The minimum absolute atomic E-state index is 0.710. The van der Waals surface area contributed by atoms with Crippen LogP contribution in [0.3, 0.4) is 0 Å². The molecule has 3 aliphatic rings. The monoisotopic (exact) mass is 329 g/mol. The molecule has 4 rings (SSSR count). The number of anilines is 1. The van der Waals surface area contributed by atoms with E-state index in [0.29, 0.717) is 5.41 Å². The number of hydrogen-bond acceptors (Lipinski definition) is 5. The Kier molecular flexibility index (Phi) is 4.99. The van der Waals surface area contributed by atoms with Crippen LogP contribution < -0.4 is 10.2 Å². The zero-order chi connectivity index (χ0) is 16.2. The highest BCUT2D eigenvalue weighted by molar-refractivity contribution is 5.29. The summed E-state index contributed by atoms with van der Waals surface area (Å²) >= 11 is 0. The van der Waals surface area contributed by atoms with Gasteiger partial charge >= 0.3 is 0 Å². The van der Waals surface area contributed by atoms with Crippen LogP contribution in [0.15, 0.2) is 18.5 Å². The largest absolute Gasteiger partial charge is 0.338 e. The smallest absolute Gasteiger partial charge is 0.225 e. The van der Waals surface area contributed by atoms with E-state index in [2.05, 4.69) is 25.1 Å². The molecule has 0 amide bonds. The molecule has 24 heavy (non-hydrogen) atoms. The molecule has 1 aliphatic heterocycles. The molecule has 0 bridgehead atoms. The first-order chi connectivity index (χ1) is 11.9. The number of aromatic nitrogens is 2. The summed E-state index contributed by atoms with van der Waals surface area (Å²) in [5.74, 6) is 0.880. The van der Waals surface area contributed by atoms with Gasteiger partial charge in [0.15, 0.2) is 0 Å². The molecule has 0 radical (unpaired) electrons. The maximum Gasteiger partial charge on any atom is 0.225 e. The van der Waals surface area contributed by atoms with Crippen molar-refractivity contribution >= 4 is 5.95 Å². The van der Waals surface area contributed by atoms with E-state index in [1.54, 1.807) is 0 Å². The van der Waals surface area contributed by atoms with E-state index in [1.807, 2.05) is 18.5 Å². The summed E-state index contributed by atoms with van der Waals surface area (Å²) in [7, 11) is 0. The first kappa shape index (κ1) is 16.3. The maximum atomic E-state index is 4.36. The van der Waals surface area contributed by atoms with E-state index in [0.717, 1.165) is 38.2 Å². The highest BCUT2D eigenvalue weighted by Gasteiger charge is 2.47. The molecule has 5 nitrogen and oxygen atoms in total. The number of nitrogens with zero attached hydrogens (tertiary/aromatic N) is 4. The van der Waals surface area contributed by atoms with E-state index in [1.165, 1.54) is 58.0 Å². The molecule has 5 heteroatoms. The van der Waals surface area contributed by atoms with Crippen molar-refractivity contribution in [1.82, 2.24) is 20.2 Å². The molecule has 1 spiro atoms. The highest BCUT2D eigenvalue weighted by Crippen LogP contribution is 2.53. The molecule has 1 saturated heterocycles. The van der Waals surface area contributed by atoms with E-state index in [-0.39, 0.29) is 0 Å². The van der Waals surface area contributed by atoms with Gasteiger partial charge in [0, 0.05) is 44.6 Å². The van der Waals surface area contributed by atoms with Crippen LogP contribution in [0.2, 0.25) is 0 Å². The van der Waals surface area contributed by atoms with Crippen LogP contribution >= 0.6 is 0 Å². The third kappa shape index (κ3) is 3.42. The SMILES string of the molecule is c1cnc(N2CCN(CCCNC3CCC34CCCC4)CC2)nc1. The summed E-state index contributed by atoms with van der Waals surface area (Å²) in [5.41, 5.74) is 0.710. The van der Waals surface area contributed by atoms with Gasteiger partial charge in [-0.25, -0.2) is 9.97 Å². The van der Waals surface area contributed by atoms with Gasteiger partial charge in [0.1, 0.15) is 0 Å². The fraction of sp³-hybridized carbons (Fsp3) is 0.789. The van der Waals surface area contributed by atoms with Crippen LogP contribution in [0.25, 0.3) is 0 Å². The second kappa shape index (κ2) is 7.36. The first-order valence-electron chi connectivity index (χ1n) is 9.83. The Labute approximate surface area is 145 Å². The van der Waals surface area contributed by atoms with Gasteiger partial charge in [0.05, 0.1) is 0 Å². The fourth-order valence-corrected chi connectivity index (χ4v) is 4.90. The lowest BCUT2D eigenvalue weighted by Crippen LogP contribution is -2.52. The van der Waals surface area contributed by atoms with E-state index in [9.17, 15) is 0 Å². The second-order valence-electron chi connectivity index (χ2n) is 7.85. The number of hydrogen-bond donors (Lipinski definition) is 1. The molecule has 1 atom stereocenters. The molecule has 2 aliphatic carbocycles. The van der Waals surface area contributed by atoms with Gasteiger partial charge in [-0.3, -0.25) is 4.90 Å². The van der Waals surface area contributed by atoms with Gasteiger partial charge in [0.25, 0.3) is 0 Å². The first-order valence-corrected chi connectivity index (χ1v) is 9.83. The molecule has 2 saturated carbocycles. The lowest BCUT2D eigenvalue weighted by atomic mass is 9.63. The van der Waals surface area contributed by atoms with Crippen molar-refractivity contribution in [3.05, 3.63) is 18.5 Å². The Hall–Kier alpha value is -1.20. The average molecular weight is 329 g/mol. The lowest BCUT2D eigenvalue weighted by molar-refractivity contribution is 0.0722. The lowest BCUT2D eigenvalue weighted by Gasteiger charge is -2.48. The third-order valence-corrected chi connectivity index (χ3v) is 6.52. The quantitative estimate of drug-likeness (QED) is 0.811. The summed E-state index contributed by atoms with van der Waals surface area (Å²) in [6.45, 7) is 6.76. The molecule has 0 aromatic carbocycles. The topological polar surface area (TPSA) is 44.3 Å². The number of nitrogens with one attached hydrogen (secondary N) is 1. The summed E-state index contributed by atoms with van der Waals surface area (Å²) in [4.78, 5) is 13.6. The minimum atomic E-state index is 0.710. The second-order valence-corrected chi connectivity index (χ2v) is 7.85. The minimum Gasteiger partial charge on any atom is -0.338 e. The van der Waals surface area contributed by atoms with E-state index >= 15 is 0 Å². The van der Waals surface area contributed by atoms with E-state index < -0.39 is 0 Å². The van der Waals surface area contributed by atoms with Crippen LogP contribution in [0.1, 0.15) is 44.9 Å². The Morgan fingerprint density at radius 3 is 2.46 bits per heavy atom. The van der Waals surface area contributed by atoms with Crippen LogP contribution in [0.4, 0.5) is 5.95 Å². The van der Waals surface area contributed by atoms with Crippen LogP contribution in [-0.4, -0.2) is 60.2 Å². The summed E-state index contributed by atoms with van der Waals surface area (Å²) in [5, 5.41) is 3.87. The van der Waals surface area contributed by atoms with Crippen molar-refractivity contribution in [2.45, 2.75) is 51.0 Å². The Bertz CT molecular complexity index is 506. The summed E-state index contributed by atoms with van der Waals surface area (Å²) in [6, 6.07) is 2.71. The average Bonchev–Trinajstić information content (AvgIpc) is 3.14. The zero-order valence-corrected chi connectivity index (χ0v) is 14.8. The Morgan fingerprint density at radius 2 is 1.79 bits per heavy atom. The molecular formula is C19H31N5. The fourth-order valence-electron chi connectivity index (χ4n) is 4.90. The Morgan fingerprint density at radius 1 is 1.04 bits per heavy atom. The van der Waals surface area contributed by atoms with E-state index in [4.69, 9.17) is 0 Å². The third-order valence-electron chi connectivity index (χ3n) is 6.52. The summed E-state index contributed by atoms with van der Waals surface area (Å²) in [6.07, 6.45) is 13.7. The van der Waals surface area contributed by atoms with Gasteiger partial charge in [-0.05, 0) is 56.7 Å². The zero-order valence-electron chi connectivity index (χ0n) is 14.8. The number of rotatable bonds is 6. The molecule has 1 N–H and O–H groups in total. The van der Waals surface area contributed by atoms with Gasteiger partial charge in [0.2, 0.25) is 5.95 Å². The standard InChI is InChI=1S/C19H31N5/c1-2-7-19(6-1)8-5-17(19)20-11-4-12-23-13-15-24(16-14-23)18-21-9-3-10-22-18/h3,9-10,17,20H,1-2,4-8,11-16H2. The molecule has 1 aromatic heterocycles. The predicted octanol–water partition coefficient (Wildman–Crippen LogP) is 2.30. The van der Waals surface area contributed by atoms with Crippen LogP contribution in [0, 0.1) is 5.41 Å².